The second kappa shape index (κ2) is 6.59. The van der Waals surface area contributed by atoms with Crippen molar-refractivity contribution in [1.29, 1.82) is 0 Å². The number of aromatic nitrogens is 2. The van der Waals surface area contributed by atoms with Gasteiger partial charge in [0.25, 0.3) is 0 Å². The van der Waals surface area contributed by atoms with Crippen LogP contribution in [0, 0.1) is 5.92 Å². The number of rotatable bonds is 5. The Bertz CT molecular complexity index is 654. The second-order valence-corrected chi connectivity index (χ2v) is 9.74. The average molecular weight is 350 g/mol. The van der Waals surface area contributed by atoms with E-state index in [0.29, 0.717) is 29.5 Å². The lowest BCUT2D eigenvalue weighted by Crippen LogP contribution is -2.47. The second-order valence-electron chi connectivity index (χ2n) is 7.51. The summed E-state index contributed by atoms with van der Waals surface area (Å²) in [6.07, 6.45) is 9.12. The third-order valence-electron chi connectivity index (χ3n) is 5.56. The van der Waals surface area contributed by atoms with Gasteiger partial charge in [0, 0.05) is 37.9 Å². The molecule has 132 valence electrons. The highest BCUT2D eigenvalue weighted by atomic mass is 32.2. The van der Waals surface area contributed by atoms with Gasteiger partial charge in [0.05, 0.1) is 11.5 Å². The smallest absolute Gasteiger partial charge is 0.150 e. The molecule has 1 aromatic heterocycles. The van der Waals surface area contributed by atoms with Crippen molar-refractivity contribution in [3.05, 3.63) is 18.6 Å². The Balaban J connectivity index is 1.34. The molecule has 1 atom stereocenters. The normalized spacial score (nSPS) is 28.1. The molecule has 24 heavy (non-hydrogen) atoms. The van der Waals surface area contributed by atoms with Crippen LogP contribution in [0.1, 0.15) is 32.1 Å². The summed E-state index contributed by atoms with van der Waals surface area (Å²) in [5.74, 6) is 2.18. The number of hydrogen-bond acceptors (Lipinski definition) is 6. The van der Waals surface area contributed by atoms with E-state index >= 15 is 0 Å². The fraction of sp³-hybridized carbons (Fsp3) is 0.765. The number of sulfone groups is 1. The summed E-state index contributed by atoms with van der Waals surface area (Å²) in [7, 11) is -2.76. The molecule has 2 saturated heterocycles. The van der Waals surface area contributed by atoms with Crippen LogP contribution in [-0.4, -0.2) is 66.5 Å². The molecule has 0 N–H and O–H groups in total. The van der Waals surface area contributed by atoms with Gasteiger partial charge >= 0.3 is 0 Å². The summed E-state index contributed by atoms with van der Waals surface area (Å²) in [6, 6.07) is 3.22. The molecular weight excluding hydrogens is 324 g/mol. The van der Waals surface area contributed by atoms with Gasteiger partial charge in [-0.25, -0.2) is 18.4 Å². The van der Waals surface area contributed by atoms with Crippen molar-refractivity contribution < 1.29 is 8.42 Å². The third-order valence-corrected chi connectivity index (χ3v) is 7.40. The first-order chi connectivity index (χ1) is 11.6. The molecule has 1 saturated carbocycles. The standard InChI is InChI=1S/C17H26N4O2S/c22-24(23)10-6-14(12-24)11-20-8-4-16(5-9-20)21(15-1-2-15)17-3-7-18-13-19-17/h3,7,13-16H,1-2,4-6,8-12H2. The van der Waals surface area contributed by atoms with E-state index in [0.717, 1.165) is 44.7 Å². The maximum atomic E-state index is 11.6. The average Bonchev–Trinajstić information content (AvgIpc) is 3.34. The van der Waals surface area contributed by atoms with Crippen molar-refractivity contribution in [1.82, 2.24) is 14.9 Å². The van der Waals surface area contributed by atoms with Gasteiger partial charge in [-0.3, -0.25) is 0 Å². The van der Waals surface area contributed by atoms with E-state index in [9.17, 15) is 8.42 Å². The molecule has 1 aliphatic carbocycles. The zero-order valence-electron chi connectivity index (χ0n) is 14.0. The number of anilines is 1. The summed E-state index contributed by atoms with van der Waals surface area (Å²) in [4.78, 5) is 13.5. The monoisotopic (exact) mass is 350 g/mol. The minimum absolute atomic E-state index is 0.341. The van der Waals surface area contributed by atoms with E-state index < -0.39 is 9.84 Å². The van der Waals surface area contributed by atoms with Gasteiger partial charge in [-0.15, -0.1) is 0 Å². The Morgan fingerprint density at radius 3 is 2.46 bits per heavy atom. The topological polar surface area (TPSA) is 66.4 Å². The van der Waals surface area contributed by atoms with Crippen LogP contribution in [0.2, 0.25) is 0 Å². The molecule has 3 fully saturated rings. The molecule has 4 rings (SSSR count). The van der Waals surface area contributed by atoms with Gasteiger partial charge in [-0.2, -0.15) is 0 Å². The molecule has 0 spiro atoms. The molecule has 1 unspecified atom stereocenters. The van der Waals surface area contributed by atoms with Crippen molar-refractivity contribution in [3.63, 3.8) is 0 Å². The highest BCUT2D eigenvalue weighted by molar-refractivity contribution is 7.91. The maximum Gasteiger partial charge on any atom is 0.150 e. The van der Waals surface area contributed by atoms with Crippen molar-refractivity contribution in [2.24, 2.45) is 5.92 Å². The number of hydrogen-bond donors (Lipinski definition) is 0. The summed E-state index contributed by atoms with van der Waals surface area (Å²) < 4.78 is 23.3. The van der Waals surface area contributed by atoms with E-state index in [-0.39, 0.29) is 0 Å². The number of nitrogens with zero attached hydrogens (tertiary/aromatic N) is 4. The van der Waals surface area contributed by atoms with Gasteiger partial charge in [0.15, 0.2) is 9.84 Å². The SMILES string of the molecule is O=S1(=O)CCC(CN2CCC(N(c3ccncn3)C3CC3)CC2)C1. The third kappa shape index (κ3) is 3.72. The predicted octanol–water partition coefficient (Wildman–Crippen LogP) is 1.34. The van der Waals surface area contributed by atoms with Crippen LogP contribution >= 0.6 is 0 Å². The predicted molar refractivity (Wildman–Crippen MR) is 93.8 cm³/mol. The lowest BCUT2D eigenvalue weighted by molar-refractivity contribution is 0.185. The van der Waals surface area contributed by atoms with Crippen molar-refractivity contribution in [2.45, 2.75) is 44.2 Å². The molecule has 3 heterocycles. The summed E-state index contributed by atoms with van der Waals surface area (Å²) >= 11 is 0. The van der Waals surface area contributed by atoms with Gasteiger partial charge in [0.2, 0.25) is 0 Å². The highest BCUT2D eigenvalue weighted by Crippen LogP contribution is 2.35. The summed E-state index contributed by atoms with van der Waals surface area (Å²) in [6.45, 7) is 3.08. The van der Waals surface area contributed by atoms with Crippen LogP contribution in [-0.2, 0) is 9.84 Å². The minimum Gasteiger partial charge on any atom is -0.350 e. The zero-order valence-corrected chi connectivity index (χ0v) is 14.9. The molecule has 3 aliphatic rings. The lowest BCUT2D eigenvalue weighted by Gasteiger charge is -2.40. The van der Waals surface area contributed by atoms with Crippen molar-refractivity contribution in [2.75, 3.05) is 36.0 Å². The Hall–Kier alpha value is -1.21. The van der Waals surface area contributed by atoms with Crippen LogP contribution < -0.4 is 4.90 Å². The Morgan fingerprint density at radius 2 is 1.88 bits per heavy atom. The molecule has 6 nitrogen and oxygen atoms in total. The molecular formula is C17H26N4O2S. The van der Waals surface area contributed by atoms with Crippen LogP contribution in [0.15, 0.2) is 18.6 Å². The Labute approximate surface area is 144 Å². The van der Waals surface area contributed by atoms with Gasteiger partial charge in [-0.1, -0.05) is 0 Å². The molecule has 0 amide bonds. The highest BCUT2D eigenvalue weighted by Gasteiger charge is 2.37. The first-order valence-corrected chi connectivity index (χ1v) is 10.9. The first kappa shape index (κ1) is 16.3. The quantitative estimate of drug-likeness (QED) is 0.798. The van der Waals surface area contributed by atoms with Crippen LogP contribution in [0.5, 0.6) is 0 Å². The van der Waals surface area contributed by atoms with E-state index in [1.54, 1.807) is 6.33 Å². The lowest BCUT2D eigenvalue weighted by atomic mass is 10.0. The van der Waals surface area contributed by atoms with E-state index in [1.807, 2.05) is 12.3 Å². The van der Waals surface area contributed by atoms with E-state index in [4.69, 9.17) is 0 Å². The van der Waals surface area contributed by atoms with Crippen LogP contribution in [0.25, 0.3) is 0 Å². The van der Waals surface area contributed by atoms with Gasteiger partial charge < -0.3 is 9.80 Å². The molecule has 2 aliphatic heterocycles. The molecule has 0 aromatic carbocycles. The minimum atomic E-state index is -2.76. The van der Waals surface area contributed by atoms with Crippen molar-refractivity contribution >= 4 is 15.7 Å². The fourth-order valence-corrected chi connectivity index (χ4v) is 6.07. The van der Waals surface area contributed by atoms with Crippen LogP contribution in [0.4, 0.5) is 5.82 Å². The van der Waals surface area contributed by atoms with Gasteiger partial charge in [-0.05, 0) is 44.1 Å². The number of piperidine rings is 1. The maximum absolute atomic E-state index is 11.6. The summed E-state index contributed by atoms with van der Waals surface area (Å²) in [5, 5.41) is 0. The van der Waals surface area contributed by atoms with Crippen molar-refractivity contribution in [3.8, 4) is 0 Å². The molecule has 1 aromatic rings. The largest absolute Gasteiger partial charge is 0.350 e. The number of likely N-dealkylation sites (tertiary alicyclic amines) is 1. The van der Waals surface area contributed by atoms with Gasteiger partial charge in [0.1, 0.15) is 12.1 Å². The van der Waals surface area contributed by atoms with E-state index in [2.05, 4.69) is 19.8 Å². The van der Waals surface area contributed by atoms with E-state index in [1.165, 1.54) is 12.8 Å². The molecule has 7 heteroatoms. The fourth-order valence-electron chi connectivity index (χ4n) is 4.22. The molecule has 0 bridgehead atoms. The zero-order chi connectivity index (χ0) is 16.6. The summed E-state index contributed by atoms with van der Waals surface area (Å²) in [5.41, 5.74) is 0. The van der Waals surface area contributed by atoms with Crippen LogP contribution in [0.3, 0.4) is 0 Å². The Morgan fingerprint density at radius 1 is 1.12 bits per heavy atom. The Kier molecular flexibility index (Phi) is 4.47. The molecule has 0 radical (unpaired) electrons. The first-order valence-electron chi connectivity index (χ1n) is 9.08.